The fraction of sp³-hybridized carbons (Fsp3) is 0.478. The van der Waals surface area contributed by atoms with Crippen LogP contribution >= 0.6 is 11.3 Å². The number of carbonyl (C=O) groups excluding carboxylic acids is 2. The maximum Gasteiger partial charge on any atom is 0.341 e. The minimum atomic E-state index is -3.64. The molecular weight excluding hydrogens is 448 g/mol. The summed E-state index contributed by atoms with van der Waals surface area (Å²) in [6.07, 6.45) is 6.45. The summed E-state index contributed by atoms with van der Waals surface area (Å²) in [6, 6.07) is 6.10. The first-order chi connectivity index (χ1) is 15.4. The van der Waals surface area contributed by atoms with E-state index in [2.05, 4.69) is 5.32 Å². The third kappa shape index (κ3) is 4.60. The number of hydrogen-bond donors (Lipinski definition) is 1. The van der Waals surface area contributed by atoms with Gasteiger partial charge in [0.2, 0.25) is 10.0 Å². The number of nitrogens with one attached hydrogen (secondary N) is 1. The number of benzene rings is 1. The molecule has 172 valence electrons. The van der Waals surface area contributed by atoms with Crippen LogP contribution in [0.1, 0.15) is 70.2 Å². The monoisotopic (exact) mass is 476 g/mol. The van der Waals surface area contributed by atoms with Crippen molar-refractivity contribution < 1.29 is 22.7 Å². The molecule has 1 aromatic carbocycles. The lowest BCUT2D eigenvalue weighted by Gasteiger charge is -2.26. The van der Waals surface area contributed by atoms with E-state index >= 15 is 0 Å². The third-order valence-electron chi connectivity index (χ3n) is 5.93. The van der Waals surface area contributed by atoms with Gasteiger partial charge in [-0.05, 0) is 69.2 Å². The number of ether oxygens (including phenoxy) is 1. The van der Waals surface area contributed by atoms with Gasteiger partial charge in [-0.25, -0.2) is 13.2 Å². The van der Waals surface area contributed by atoms with Crippen molar-refractivity contribution >= 4 is 38.2 Å². The maximum absolute atomic E-state index is 13.1. The fourth-order valence-corrected chi connectivity index (χ4v) is 7.14. The largest absolute Gasteiger partial charge is 0.462 e. The highest BCUT2D eigenvalue weighted by atomic mass is 32.2. The van der Waals surface area contributed by atoms with E-state index in [-0.39, 0.29) is 17.1 Å². The summed E-state index contributed by atoms with van der Waals surface area (Å²) < 4.78 is 32.7. The number of amides is 1. The van der Waals surface area contributed by atoms with Crippen molar-refractivity contribution in [2.45, 2.75) is 56.8 Å². The van der Waals surface area contributed by atoms with Crippen LogP contribution in [0.15, 0.2) is 29.2 Å². The van der Waals surface area contributed by atoms with Gasteiger partial charge in [0.05, 0.1) is 17.1 Å². The standard InChI is InChI=1S/C23H28N2O5S2/c1-2-30-23(27)20-18-11-4-5-12-19(18)31-22(20)24-21(26)16-9-8-10-17(15-16)32(28,29)25-13-6-3-7-14-25/h8-10,15H,2-7,11-14H2,1H3,(H,24,26). The minimum absolute atomic E-state index is 0.114. The zero-order chi connectivity index (χ0) is 22.7. The van der Waals surface area contributed by atoms with E-state index in [1.807, 2.05) is 0 Å². The van der Waals surface area contributed by atoms with Gasteiger partial charge in [0.25, 0.3) is 5.91 Å². The summed E-state index contributed by atoms with van der Waals surface area (Å²) in [5.41, 5.74) is 1.65. The van der Waals surface area contributed by atoms with Gasteiger partial charge in [0.1, 0.15) is 5.00 Å². The van der Waals surface area contributed by atoms with Crippen LogP contribution in [0.2, 0.25) is 0 Å². The molecule has 1 aliphatic carbocycles. The van der Waals surface area contributed by atoms with Crippen LogP contribution in [0.5, 0.6) is 0 Å². The number of esters is 1. The van der Waals surface area contributed by atoms with Crippen LogP contribution in [-0.4, -0.2) is 44.3 Å². The van der Waals surface area contributed by atoms with Crippen LogP contribution < -0.4 is 5.32 Å². The molecule has 1 fully saturated rings. The first-order valence-electron chi connectivity index (χ1n) is 11.1. The SMILES string of the molecule is CCOC(=O)c1c(NC(=O)c2cccc(S(=O)(=O)N3CCCCC3)c2)sc2c1CCCC2. The summed E-state index contributed by atoms with van der Waals surface area (Å²) in [6.45, 7) is 3.02. The number of thiophene rings is 1. The van der Waals surface area contributed by atoms with Crippen molar-refractivity contribution in [2.75, 3.05) is 25.0 Å². The lowest BCUT2D eigenvalue weighted by Crippen LogP contribution is -2.35. The summed E-state index contributed by atoms with van der Waals surface area (Å²) in [5.74, 6) is -0.867. The first kappa shape index (κ1) is 22.9. The van der Waals surface area contributed by atoms with Crippen molar-refractivity contribution in [1.82, 2.24) is 4.31 Å². The van der Waals surface area contributed by atoms with Gasteiger partial charge in [-0.15, -0.1) is 11.3 Å². The predicted octanol–water partition coefficient (Wildman–Crippen LogP) is 4.23. The van der Waals surface area contributed by atoms with Gasteiger partial charge in [-0.2, -0.15) is 4.31 Å². The van der Waals surface area contributed by atoms with Crippen LogP contribution in [0.3, 0.4) is 0 Å². The molecule has 7 nitrogen and oxygen atoms in total. The van der Waals surface area contributed by atoms with Crippen molar-refractivity contribution in [1.29, 1.82) is 0 Å². The number of fused-ring (bicyclic) bond motifs is 1. The number of sulfonamides is 1. The fourth-order valence-electron chi connectivity index (χ4n) is 4.30. The molecular formula is C23H28N2O5S2. The Morgan fingerprint density at radius 1 is 1.09 bits per heavy atom. The van der Waals surface area contributed by atoms with Crippen LogP contribution in [0, 0.1) is 0 Å². The quantitative estimate of drug-likeness (QED) is 0.630. The maximum atomic E-state index is 13.1. The number of rotatable bonds is 6. The van der Waals surface area contributed by atoms with E-state index in [1.165, 1.54) is 27.8 Å². The minimum Gasteiger partial charge on any atom is -0.462 e. The molecule has 2 aliphatic rings. The Morgan fingerprint density at radius 2 is 1.84 bits per heavy atom. The Hall–Kier alpha value is -2.23. The van der Waals surface area contributed by atoms with Crippen LogP contribution in [0.25, 0.3) is 0 Å². The molecule has 4 rings (SSSR count). The zero-order valence-corrected chi connectivity index (χ0v) is 19.8. The predicted molar refractivity (Wildman–Crippen MR) is 124 cm³/mol. The highest BCUT2D eigenvalue weighted by Gasteiger charge is 2.29. The molecule has 1 saturated heterocycles. The lowest BCUT2D eigenvalue weighted by atomic mass is 9.95. The van der Waals surface area contributed by atoms with Gasteiger partial charge in [0, 0.05) is 23.5 Å². The first-order valence-corrected chi connectivity index (χ1v) is 13.4. The van der Waals surface area contributed by atoms with E-state index in [0.717, 1.165) is 55.4 Å². The second kappa shape index (κ2) is 9.72. The van der Waals surface area contributed by atoms with E-state index in [9.17, 15) is 18.0 Å². The van der Waals surface area contributed by atoms with Crippen molar-refractivity contribution in [3.05, 3.63) is 45.8 Å². The second-order valence-electron chi connectivity index (χ2n) is 8.08. The van der Waals surface area contributed by atoms with E-state index in [4.69, 9.17) is 4.74 Å². The Morgan fingerprint density at radius 3 is 2.59 bits per heavy atom. The Kier molecular flexibility index (Phi) is 6.97. The molecule has 0 unspecified atom stereocenters. The number of carbonyl (C=O) groups is 2. The second-order valence-corrected chi connectivity index (χ2v) is 11.1. The molecule has 32 heavy (non-hydrogen) atoms. The molecule has 9 heteroatoms. The molecule has 0 spiro atoms. The average molecular weight is 477 g/mol. The topological polar surface area (TPSA) is 92.8 Å². The molecule has 1 N–H and O–H groups in total. The van der Waals surface area contributed by atoms with Gasteiger partial charge in [-0.3, -0.25) is 4.79 Å². The number of piperidine rings is 1. The number of anilines is 1. The van der Waals surface area contributed by atoms with E-state index in [0.29, 0.717) is 23.7 Å². The molecule has 2 aromatic rings. The highest BCUT2D eigenvalue weighted by molar-refractivity contribution is 7.89. The molecule has 0 atom stereocenters. The molecule has 1 aromatic heterocycles. The van der Waals surface area contributed by atoms with Gasteiger partial charge in [0.15, 0.2) is 0 Å². The van der Waals surface area contributed by atoms with Crippen molar-refractivity contribution in [2.24, 2.45) is 0 Å². The van der Waals surface area contributed by atoms with Crippen molar-refractivity contribution in [3.63, 3.8) is 0 Å². The Balaban J connectivity index is 1.61. The average Bonchev–Trinajstić information content (AvgIpc) is 3.17. The number of hydrogen-bond acceptors (Lipinski definition) is 6. The van der Waals surface area contributed by atoms with Gasteiger partial charge in [-0.1, -0.05) is 12.5 Å². The summed E-state index contributed by atoms with van der Waals surface area (Å²) in [5, 5.41) is 3.33. The summed E-state index contributed by atoms with van der Waals surface area (Å²) >= 11 is 1.41. The molecule has 0 radical (unpaired) electrons. The highest BCUT2D eigenvalue weighted by Crippen LogP contribution is 2.39. The summed E-state index contributed by atoms with van der Waals surface area (Å²) in [7, 11) is -3.64. The Labute approximate surface area is 192 Å². The van der Waals surface area contributed by atoms with Gasteiger partial charge >= 0.3 is 5.97 Å². The zero-order valence-electron chi connectivity index (χ0n) is 18.2. The molecule has 2 heterocycles. The molecule has 0 bridgehead atoms. The van der Waals surface area contributed by atoms with E-state index < -0.39 is 21.9 Å². The Bertz CT molecular complexity index is 1120. The lowest BCUT2D eigenvalue weighted by molar-refractivity contribution is 0.0526. The van der Waals surface area contributed by atoms with Gasteiger partial charge < -0.3 is 10.1 Å². The molecule has 1 aliphatic heterocycles. The molecule has 0 saturated carbocycles. The van der Waals surface area contributed by atoms with E-state index in [1.54, 1.807) is 19.1 Å². The smallest absolute Gasteiger partial charge is 0.341 e. The normalized spacial score (nSPS) is 16.9. The van der Waals surface area contributed by atoms with Crippen LogP contribution in [-0.2, 0) is 27.6 Å². The summed E-state index contributed by atoms with van der Waals surface area (Å²) in [4.78, 5) is 26.9. The number of nitrogens with zero attached hydrogens (tertiary/aromatic N) is 1. The number of aryl methyl sites for hydroxylation is 1. The van der Waals surface area contributed by atoms with Crippen molar-refractivity contribution in [3.8, 4) is 0 Å². The molecule has 1 amide bonds. The third-order valence-corrected chi connectivity index (χ3v) is 9.03. The van der Waals surface area contributed by atoms with Crippen LogP contribution in [0.4, 0.5) is 5.00 Å².